The van der Waals surface area contributed by atoms with Crippen LogP contribution in [0.3, 0.4) is 0 Å². The summed E-state index contributed by atoms with van der Waals surface area (Å²) in [6.45, 7) is 0. The molecule has 6 heteroatoms. The molecule has 0 saturated heterocycles. The number of thioether (sulfide) groups is 1. The molecule has 0 aromatic rings. The summed E-state index contributed by atoms with van der Waals surface area (Å²) in [5.41, 5.74) is 0. The molecule has 0 amide bonds. The van der Waals surface area contributed by atoms with E-state index in [4.69, 9.17) is 10.5 Å². The van der Waals surface area contributed by atoms with Gasteiger partial charge in [0.25, 0.3) is 0 Å². The first kappa shape index (κ1) is 11.7. The molecule has 2 unspecified atom stereocenters. The van der Waals surface area contributed by atoms with Gasteiger partial charge in [0, 0.05) is 4.91 Å². The molecule has 0 saturated carbocycles. The molecule has 2 atom stereocenters. The fourth-order valence-electron chi connectivity index (χ4n) is 1.20. The first-order valence-electron chi connectivity index (χ1n) is 3.91. The van der Waals surface area contributed by atoms with Crippen molar-refractivity contribution in [1.82, 2.24) is 0 Å². The summed E-state index contributed by atoms with van der Waals surface area (Å²) in [4.78, 5) is 0.228. The predicted molar refractivity (Wildman–Crippen MR) is 49.1 cm³/mol. The van der Waals surface area contributed by atoms with Gasteiger partial charge in [0.2, 0.25) is 0 Å². The van der Waals surface area contributed by atoms with Gasteiger partial charge in [-0.15, -0.1) is 0 Å². The highest BCUT2D eigenvalue weighted by Crippen LogP contribution is 2.38. The highest BCUT2D eigenvalue weighted by atomic mass is 32.2. The Balaban J connectivity index is 2.97. The van der Waals surface area contributed by atoms with E-state index in [0.29, 0.717) is 11.8 Å². The van der Waals surface area contributed by atoms with Crippen molar-refractivity contribution in [3.63, 3.8) is 0 Å². The van der Waals surface area contributed by atoms with Crippen molar-refractivity contribution in [2.24, 2.45) is 11.8 Å². The lowest BCUT2D eigenvalue weighted by molar-refractivity contribution is -0.166. The van der Waals surface area contributed by atoms with Gasteiger partial charge in [0.05, 0.1) is 17.9 Å². The van der Waals surface area contributed by atoms with Crippen LogP contribution in [0.25, 0.3) is 0 Å². The molecular formula is C9H5F3N2S. The first-order valence-corrected chi connectivity index (χ1v) is 4.73. The highest BCUT2D eigenvalue weighted by Gasteiger charge is 2.43. The summed E-state index contributed by atoms with van der Waals surface area (Å²) >= 11 is 0.655. The van der Waals surface area contributed by atoms with Crippen LogP contribution in [-0.2, 0) is 0 Å². The molecule has 78 valence electrons. The van der Waals surface area contributed by atoms with E-state index in [1.54, 1.807) is 11.5 Å². The van der Waals surface area contributed by atoms with Crippen molar-refractivity contribution in [3.05, 3.63) is 23.1 Å². The molecule has 0 fully saturated rings. The number of hydrogen-bond acceptors (Lipinski definition) is 3. The third kappa shape index (κ3) is 2.77. The van der Waals surface area contributed by atoms with E-state index in [2.05, 4.69) is 0 Å². The summed E-state index contributed by atoms with van der Waals surface area (Å²) < 4.78 is 37.4. The molecule has 0 N–H and O–H groups in total. The minimum Gasteiger partial charge on any atom is -0.198 e. The maximum Gasteiger partial charge on any atom is 0.396 e. The van der Waals surface area contributed by atoms with Crippen LogP contribution in [0.5, 0.6) is 0 Å². The molecule has 1 aliphatic carbocycles. The number of nitrogens with zero attached hydrogens (tertiary/aromatic N) is 2. The van der Waals surface area contributed by atoms with Gasteiger partial charge in [0.1, 0.15) is 5.40 Å². The highest BCUT2D eigenvalue weighted by molar-refractivity contribution is 8.07. The molecule has 0 spiro atoms. The largest absolute Gasteiger partial charge is 0.396 e. The number of hydrogen-bond donors (Lipinski definition) is 0. The fraction of sp³-hybridized carbons (Fsp3) is 0.333. The summed E-state index contributed by atoms with van der Waals surface area (Å²) in [6, 6.07) is 1.58. The van der Waals surface area contributed by atoms with Crippen molar-refractivity contribution in [2.45, 2.75) is 6.18 Å². The zero-order chi connectivity index (χ0) is 11.5. The van der Waals surface area contributed by atoms with Gasteiger partial charge in [0.15, 0.2) is 0 Å². The van der Waals surface area contributed by atoms with Crippen molar-refractivity contribution in [3.8, 4) is 11.5 Å². The van der Waals surface area contributed by atoms with Gasteiger partial charge >= 0.3 is 6.18 Å². The zero-order valence-electron chi connectivity index (χ0n) is 7.32. The minimum atomic E-state index is -4.45. The van der Waals surface area contributed by atoms with Crippen LogP contribution in [0.2, 0.25) is 0 Å². The second-order valence-electron chi connectivity index (χ2n) is 2.84. The standard InChI is InChI=1S/C9H5F3N2S/c10-9(11,12)8-3-7(15-5-14)2-1-6(8)4-13/h1-3,6,8H. The molecule has 2 nitrogen and oxygen atoms in total. The van der Waals surface area contributed by atoms with E-state index in [1.165, 1.54) is 12.2 Å². The summed E-state index contributed by atoms with van der Waals surface area (Å²) in [5, 5.41) is 18.6. The lowest BCUT2D eigenvalue weighted by Gasteiger charge is -2.22. The second-order valence-corrected chi connectivity index (χ2v) is 3.70. The van der Waals surface area contributed by atoms with Gasteiger partial charge in [-0.25, -0.2) is 0 Å². The second kappa shape index (κ2) is 4.41. The molecular weight excluding hydrogens is 225 g/mol. The monoisotopic (exact) mass is 230 g/mol. The summed E-state index contributed by atoms with van der Waals surface area (Å²) in [7, 11) is 0. The van der Waals surface area contributed by atoms with Gasteiger partial charge in [-0.05, 0) is 11.8 Å². The van der Waals surface area contributed by atoms with Crippen LogP contribution >= 0.6 is 11.8 Å². The van der Waals surface area contributed by atoms with Gasteiger partial charge in [-0.2, -0.15) is 23.7 Å². The Kier molecular flexibility index (Phi) is 3.43. The Morgan fingerprint density at radius 2 is 2.00 bits per heavy atom. The average molecular weight is 230 g/mol. The molecule has 15 heavy (non-hydrogen) atoms. The van der Waals surface area contributed by atoms with E-state index in [-0.39, 0.29) is 4.91 Å². The van der Waals surface area contributed by atoms with Gasteiger partial charge < -0.3 is 0 Å². The Bertz CT molecular complexity index is 384. The average Bonchev–Trinajstić information content (AvgIpc) is 2.17. The lowest BCUT2D eigenvalue weighted by Crippen LogP contribution is -2.28. The van der Waals surface area contributed by atoms with Crippen LogP contribution in [0, 0.1) is 33.8 Å². The normalized spacial score (nSPS) is 25.3. The summed E-state index contributed by atoms with van der Waals surface area (Å²) in [5.74, 6) is -3.02. The molecule has 1 rings (SSSR count). The van der Waals surface area contributed by atoms with Crippen LogP contribution in [0.4, 0.5) is 13.2 Å². The first-order chi connectivity index (χ1) is 6.99. The van der Waals surface area contributed by atoms with Gasteiger partial charge in [-0.3, -0.25) is 0 Å². The smallest absolute Gasteiger partial charge is 0.198 e. The van der Waals surface area contributed by atoms with E-state index < -0.39 is 18.0 Å². The Morgan fingerprint density at radius 1 is 1.33 bits per heavy atom. The van der Waals surface area contributed by atoms with Crippen molar-refractivity contribution in [2.75, 3.05) is 0 Å². The number of allylic oxidation sites excluding steroid dienone is 3. The van der Waals surface area contributed by atoms with Crippen molar-refractivity contribution in [1.29, 1.82) is 10.5 Å². The predicted octanol–water partition coefficient (Wildman–Crippen LogP) is 2.97. The maximum atomic E-state index is 12.5. The van der Waals surface area contributed by atoms with Crippen LogP contribution in [-0.4, -0.2) is 6.18 Å². The van der Waals surface area contributed by atoms with Crippen molar-refractivity contribution >= 4 is 11.8 Å². The van der Waals surface area contributed by atoms with Crippen LogP contribution in [0.1, 0.15) is 0 Å². The van der Waals surface area contributed by atoms with Crippen LogP contribution in [0.15, 0.2) is 23.1 Å². The Labute approximate surface area is 88.7 Å². The molecule has 0 aromatic heterocycles. The SMILES string of the molecule is N#CSC1=CC(C(F)(F)F)C(C#N)C=C1. The Hall–Kier alpha value is -1.40. The fourth-order valence-corrected chi connectivity index (χ4v) is 1.66. The van der Waals surface area contributed by atoms with Crippen LogP contribution < -0.4 is 0 Å². The van der Waals surface area contributed by atoms with E-state index >= 15 is 0 Å². The lowest BCUT2D eigenvalue weighted by atomic mass is 9.89. The van der Waals surface area contributed by atoms with Gasteiger partial charge in [-0.1, -0.05) is 18.2 Å². The summed E-state index contributed by atoms with van der Waals surface area (Å²) in [6.07, 6.45) is -0.990. The number of halogens is 3. The quantitative estimate of drug-likeness (QED) is 0.650. The molecule has 0 radical (unpaired) electrons. The third-order valence-electron chi connectivity index (χ3n) is 1.89. The zero-order valence-corrected chi connectivity index (χ0v) is 8.14. The number of thiocyanates is 1. The van der Waals surface area contributed by atoms with E-state index in [0.717, 1.165) is 6.08 Å². The van der Waals surface area contributed by atoms with E-state index in [1.807, 2.05) is 0 Å². The minimum absolute atomic E-state index is 0.228. The van der Waals surface area contributed by atoms with Crippen molar-refractivity contribution < 1.29 is 13.2 Å². The number of rotatable bonds is 1. The molecule has 0 bridgehead atoms. The third-order valence-corrected chi connectivity index (χ3v) is 2.49. The topological polar surface area (TPSA) is 47.6 Å². The molecule has 0 aromatic carbocycles. The molecule has 0 aliphatic heterocycles. The molecule has 1 aliphatic rings. The maximum absolute atomic E-state index is 12.5. The van der Waals surface area contributed by atoms with E-state index in [9.17, 15) is 13.2 Å². The number of nitriles is 2. The molecule has 0 heterocycles. The number of alkyl halides is 3. The Morgan fingerprint density at radius 3 is 2.47 bits per heavy atom.